The van der Waals surface area contributed by atoms with Crippen molar-refractivity contribution in [2.45, 2.75) is 39.3 Å². The summed E-state index contributed by atoms with van der Waals surface area (Å²) in [6.07, 6.45) is 3.90. The minimum absolute atomic E-state index is 0.234. The number of aromatic nitrogens is 1. The molecule has 0 unspecified atom stereocenters. The van der Waals surface area contributed by atoms with Crippen LogP contribution in [-0.4, -0.2) is 50.5 Å². The highest BCUT2D eigenvalue weighted by Gasteiger charge is 2.02. The van der Waals surface area contributed by atoms with Gasteiger partial charge in [0.25, 0.3) is 0 Å². The molecule has 1 aromatic rings. The van der Waals surface area contributed by atoms with E-state index < -0.39 is 0 Å². The molecule has 1 rings (SSSR count). The number of nitrogens with one attached hydrogen (secondary N) is 2. The lowest BCUT2D eigenvalue weighted by molar-refractivity contribution is 0.112. The van der Waals surface area contributed by atoms with Crippen molar-refractivity contribution in [3.05, 3.63) is 30.1 Å². The van der Waals surface area contributed by atoms with E-state index in [1.807, 2.05) is 25.1 Å². The summed E-state index contributed by atoms with van der Waals surface area (Å²) >= 11 is 0. The first-order chi connectivity index (χ1) is 11.3. The van der Waals surface area contributed by atoms with Crippen molar-refractivity contribution in [3.8, 4) is 0 Å². The fraction of sp³-hybridized carbons (Fsp3) is 0.647. The topological polar surface area (TPSA) is 67.8 Å². The fourth-order valence-electron chi connectivity index (χ4n) is 1.86. The summed E-state index contributed by atoms with van der Waals surface area (Å²) in [7, 11) is 1.73. The van der Waals surface area contributed by atoms with Gasteiger partial charge in [0.15, 0.2) is 5.96 Å². The highest BCUT2D eigenvalue weighted by molar-refractivity contribution is 5.79. The van der Waals surface area contributed by atoms with Crippen LogP contribution in [0.4, 0.5) is 0 Å². The predicted molar refractivity (Wildman–Crippen MR) is 93.6 cm³/mol. The number of guanidine groups is 1. The number of aliphatic imine (C=N–C) groups is 1. The Hall–Kier alpha value is -1.66. The van der Waals surface area contributed by atoms with Crippen LogP contribution in [-0.2, 0) is 16.0 Å². The van der Waals surface area contributed by atoms with Gasteiger partial charge >= 0.3 is 0 Å². The lowest BCUT2D eigenvalue weighted by atomic mass is 10.3. The molecule has 0 saturated carbocycles. The number of ether oxygens (including phenoxy) is 2. The van der Waals surface area contributed by atoms with Gasteiger partial charge in [0.05, 0.1) is 18.3 Å². The molecule has 0 saturated heterocycles. The Morgan fingerprint density at radius 1 is 1.30 bits per heavy atom. The van der Waals surface area contributed by atoms with Gasteiger partial charge in [0, 0.05) is 39.6 Å². The average molecular weight is 322 g/mol. The molecular formula is C17H30N4O2. The molecule has 0 amide bonds. The van der Waals surface area contributed by atoms with E-state index in [-0.39, 0.29) is 6.10 Å². The van der Waals surface area contributed by atoms with Crippen LogP contribution in [0.3, 0.4) is 0 Å². The molecule has 2 N–H and O–H groups in total. The van der Waals surface area contributed by atoms with E-state index in [2.05, 4.69) is 27.5 Å². The summed E-state index contributed by atoms with van der Waals surface area (Å²) in [5, 5.41) is 6.67. The second kappa shape index (κ2) is 12.8. The van der Waals surface area contributed by atoms with E-state index in [1.54, 1.807) is 13.3 Å². The molecule has 130 valence electrons. The Morgan fingerprint density at radius 3 is 2.83 bits per heavy atom. The maximum atomic E-state index is 5.34. The maximum Gasteiger partial charge on any atom is 0.191 e. The smallest absolute Gasteiger partial charge is 0.191 e. The summed E-state index contributed by atoms with van der Waals surface area (Å²) < 4.78 is 10.6. The highest BCUT2D eigenvalue weighted by atomic mass is 16.5. The second-order valence-electron chi connectivity index (χ2n) is 5.22. The first kappa shape index (κ1) is 19.4. The molecule has 6 nitrogen and oxygen atoms in total. The number of pyridine rings is 1. The number of methoxy groups -OCH3 is 1. The Bertz CT molecular complexity index is 426. The SMILES string of the molecule is CCOCCCNC(=NCc1ccccn1)NCC[C@@H](C)OC. The summed E-state index contributed by atoms with van der Waals surface area (Å²) in [6, 6.07) is 5.86. The van der Waals surface area contributed by atoms with Gasteiger partial charge in [-0.1, -0.05) is 6.07 Å². The summed E-state index contributed by atoms with van der Waals surface area (Å²) in [5.41, 5.74) is 0.952. The van der Waals surface area contributed by atoms with E-state index in [0.717, 1.165) is 50.8 Å². The molecule has 1 aromatic heterocycles. The Balaban J connectivity index is 2.42. The van der Waals surface area contributed by atoms with Gasteiger partial charge in [0.2, 0.25) is 0 Å². The molecule has 0 aliphatic carbocycles. The van der Waals surface area contributed by atoms with Crippen LogP contribution in [0.1, 0.15) is 32.4 Å². The van der Waals surface area contributed by atoms with Crippen LogP contribution in [0.25, 0.3) is 0 Å². The monoisotopic (exact) mass is 322 g/mol. The van der Waals surface area contributed by atoms with Crippen LogP contribution in [0.15, 0.2) is 29.4 Å². The molecule has 0 bridgehead atoms. The lowest BCUT2D eigenvalue weighted by Crippen LogP contribution is -2.39. The first-order valence-electron chi connectivity index (χ1n) is 8.28. The minimum Gasteiger partial charge on any atom is -0.382 e. The van der Waals surface area contributed by atoms with E-state index in [9.17, 15) is 0 Å². The molecule has 0 aromatic carbocycles. The van der Waals surface area contributed by atoms with Crippen LogP contribution in [0.5, 0.6) is 0 Å². The number of hydrogen-bond acceptors (Lipinski definition) is 4. The third-order valence-electron chi connectivity index (χ3n) is 3.33. The van der Waals surface area contributed by atoms with Crippen molar-refractivity contribution in [1.82, 2.24) is 15.6 Å². The first-order valence-corrected chi connectivity index (χ1v) is 8.28. The van der Waals surface area contributed by atoms with Crippen LogP contribution < -0.4 is 10.6 Å². The molecule has 0 aliphatic rings. The average Bonchev–Trinajstić information content (AvgIpc) is 2.59. The Morgan fingerprint density at radius 2 is 2.13 bits per heavy atom. The van der Waals surface area contributed by atoms with Gasteiger partial charge in [-0.15, -0.1) is 0 Å². The quantitative estimate of drug-likeness (QED) is 0.370. The third kappa shape index (κ3) is 9.86. The van der Waals surface area contributed by atoms with Crippen molar-refractivity contribution >= 4 is 5.96 Å². The molecular weight excluding hydrogens is 292 g/mol. The Labute approximate surface area is 139 Å². The van der Waals surface area contributed by atoms with Crippen molar-refractivity contribution in [2.24, 2.45) is 4.99 Å². The molecule has 1 atom stereocenters. The zero-order chi connectivity index (χ0) is 16.8. The van der Waals surface area contributed by atoms with Gasteiger partial charge in [-0.3, -0.25) is 4.98 Å². The van der Waals surface area contributed by atoms with Crippen molar-refractivity contribution in [1.29, 1.82) is 0 Å². The van der Waals surface area contributed by atoms with E-state index in [0.29, 0.717) is 6.54 Å². The van der Waals surface area contributed by atoms with Crippen LogP contribution in [0.2, 0.25) is 0 Å². The van der Waals surface area contributed by atoms with E-state index in [1.165, 1.54) is 0 Å². The van der Waals surface area contributed by atoms with Crippen molar-refractivity contribution < 1.29 is 9.47 Å². The van der Waals surface area contributed by atoms with E-state index in [4.69, 9.17) is 9.47 Å². The lowest BCUT2D eigenvalue weighted by Gasteiger charge is -2.14. The highest BCUT2D eigenvalue weighted by Crippen LogP contribution is 1.96. The third-order valence-corrected chi connectivity index (χ3v) is 3.33. The van der Waals surface area contributed by atoms with Crippen LogP contribution >= 0.6 is 0 Å². The van der Waals surface area contributed by atoms with Gasteiger partial charge in [0.1, 0.15) is 0 Å². The largest absolute Gasteiger partial charge is 0.382 e. The molecule has 23 heavy (non-hydrogen) atoms. The van der Waals surface area contributed by atoms with Crippen molar-refractivity contribution in [2.75, 3.05) is 33.4 Å². The molecule has 0 aliphatic heterocycles. The molecule has 0 spiro atoms. The number of nitrogens with zero attached hydrogens (tertiary/aromatic N) is 2. The Kier molecular flexibility index (Phi) is 10.8. The van der Waals surface area contributed by atoms with Gasteiger partial charge in [-0.2, -0.15) is 0 Å². The standard InChI is InChI=1S/C17H30N4O2/c1-4-23-13-7-11-19-17(20-12-9-15(2)22-3)21-14-16-8-5-6-10-18-16/h5-6,8,10,15H,4,7,9,11-14H2,1-3H3,(H2,19,20,21)/t15-/m1/s1. The molecule has 1 heterocycles. The zero-order valence-electron chi connectivity index (χ0n) is 14.5. The molecule has 0 fully saturated rings. The molecule has 6 heteroatoms. The van der Waals surface area contributed by atoms with Gasteiger partial charge in [-0.05, 0) is 38.8 Å². The van der Waals surface area contributed by atoms with Gasteiger partial charge in [-0.25, -0.2) is 4.99 Å². The van der Waals surface area contributed by atoms with Crippen molar-refractivity contribution in [3.63, 3.8) is 0 Å². The second-order valence-corrected chi connectivity index (χ2v) is 5.22. The summed E-state index contributed by atoms with van der Waals surface area (Å²) in [5.74, 6) is 0.801. The van der Waals surface area contributed by atoms with Gasteiger partial charge < -0.3 is 20.1 Å². The van der Waals surface area contributed by atoms with E-state index >= 15 is 0 Å². The fourth-order valence-corrected chi connectivity index (χ4v) is 1.86. The van der Waals surface area contributed by atoms with Crippen LogP contribution in [0, 0.1) is 0 Å². The molecule has 0 radical (unpaired) electrons. The predicted octanol–water partition coefficient (Wildman–Crippen LogP) is 1.97. The number of hydrogen-bond donors (Lipinski definition) is 2. The summed E-state index contributed by atoms with van der Waals surface area (Å²) in [4.78, 5) is 8.88. The maximum absolute atomic E-state index is 5.34. The minimum atomic E-state index is 0.234. The normalized spacial score (nSPS) is 12.9. The summed E-state index contributed by atoms with van der Waals surface area (Å²) in [6.45, 7) is 7.78. The number of rotatable bonds is 11. The zero-order valence-corrected chi connectivity index (χ0v) is 14.5.